The second kappa shape index (κ2) is 6.46. The lowest BCUT2D eigenvalue weighted by molar-refractivity contribution is -0.684. The average Bonchev–Trinajstić information content (AvgIpc) is 2.88. The van der Waals surface area contributed by atoms with E-state index in [1.54, 1.807) is 29.5 Å². The van der Waals surface area contributed by atoms with E-state index in [-0.39, 0.29) is 18.9 Å². The van der Waals surface area contributed by atoms with Crippen LogP contribution in [-0.4, -0.2) is 30.7 Å². The van der Waals surface area contributed by atoms with E-state index >= 15 is 0 Å². The van der Waals surface area contributed by atoms with Gasteiger partial charge >= 0.3 is 0 Å². The molecule has 0 atom stereocenters. The zero-order chi connectivity index (χ0) is 15.5. The van der Waals surface area contributed by atoms with Crippen LogP contribution >= 0.6 is 11.3 Å². The zero-order valence-corrected chi connectivity index (χ0v) is 13.2. The fraction of sp³-hybridized carbons (Fsp3) is 0.375. The molecule has 116 valence electrons. The molecule has 2 aromatic rings. The number of rotatable bonds is 5. The van der Waals surface area contributed by atoms with Gasteiger partial charge in [0.1, 0.15) is 13.2 Å². The fourth-order valence-electron chi connectivity index (χ4n) is 2.41. The maximum absolute atomic E-state index is 12.5. The van der Waals surface area contributed by atoms with Crippen molar-refractivity contribution in [1.29, 1.82) is 0 Å². The van der Waals surface area contributed by atoms with Gasteiger partial charge in [0.15, 0.2) is 17.2 Å². The number of ether oxygens (including phenoxy) is 2. The molecule has 0 spiro atoms. The highest BCUT2D eigenvalue weighted by Gasteiger charge is 2.21. The third-order valence-corrected chi connectivity index (χ3v) is 4.82. The number of Topliss-reactive ketones (excluding diaryl/α,β-unsaturated/α-hetero) is 1. The molecular formula is C16H18NO4S+. The number of carbonyl (C=O) groups excluding carboxylic acids is 1. The standard InChI is InChI=1S/C16H18NO4S/c1-11-16(4-5-18)22-10-17(11)9-13(19)12-2-3-14-15(8-12)21-7-6-20-14/h2-3,8,10,18H,4-7,9H2,1H3/q+1. The predicted molar refractivity (Wildman–Crippen MR) is 81.8 cm³/mol. The quantitative estimate of drug-likeness (QED) is 0.670. The number of aromatic nitrogens is 1. The van der Waals surface area contributed by atoms with E-state index in [9.17, 15) is 4.79 Å². The third kappa shape index (κ3) is 2.98. The van der Waals surface area contributed by atoms with Gasteiger partial charge in [0.2, 0.25) is 17.8 Å². The first-order chi connectivity index (χ1) is 10.7. The minimum atomic E-state index is 0.0263. The number of hydrogen-bond acceptors (Lipinski definition) is 5. The zero-order valence-electron chi connectivity index (χ0n) is 12.4. The summed E-state index contributed by atoms with van der Waals surface area (Å²) in [6, 6.07) is 5.30. The third-order valence-electron chi connectivity index (χ3n) is 3.67. The lowest BCUT2D eigenvalue weighted by Crippen LogP contribution is -2.38. The Morgan fingerprint density at radius 1 is 1.32 bits per heavy atom. The van der Waals surface area contributed by atoms with Gasteiger partial charge in [0, 0.05) is 25.5 Å². The summed E-state index contributed by atoms with van der Waals surface area (Å²) >= 11 is 1.57. The average molecular weight is 320 g/mol. The highest BCUT2D eigenvalue weighted by molar-refractivity contribution is 7.09. The number of ketones is 1. The number of thiazole rings is 1. The molecule has 2 heterocycles. The Labute approximate surface area is 132 Å². The summed E-state index contributed by atoms with van der Waals surface area (Å²) in [5.41, 5.74) is 3.58. The van der Waals surface area contributed by atoms with Gasteiger partial charge in [-0.05, 0) is 18.2 Å². The van der Waals surface area contributed by atoms with Crippen LogP contribution in [0.25, 0.3) is 0 Å². The van der Waals surface area contributed by atoms with Gasteiger partial charge in [0.25, 0.3) is 0 Å². The lowest BCUT2D eigenvalue weighted by Gasteiger charge is -2.18. The summed E-state index contributed by atoms with van der Waals surface area (Å²) in [6.45, 7) is 3.43. The molecule has 0 unspecified atom stereocenters. The lowest BCUT2D eigenvalue weighted by atomic mass is 10.1. The first kappa shape index (κ1) is 15.0. The van der Waals surface area contributed by atoms with Gasteiger partial charge in [-0.25, -0.2) is 0 Å². The molecule has 0 fully saturated rings. The molecule has 22 heavy (non-hydrogen) atoms. The van der Waals surface area contributed by atoms with Gasteiger partial charge in [0.05, 0.1) is 4.88 Å². The normalized spacial score (nSPS) is 13.2. The minimum Gasteiger partial charge on any atom is -0.486 e. The first-order valence-corrected chi connectivity index (χ1v) is 8.07. The Kier molecular flexibility index (Phi) is 4.40. The van der Waals surface area contributed by atoms with Crippen molar-refractivity contribution < 1.29 is 23.9 Å². The number of carbonyl (C=O) groups is 1. The Bertz CT molecular complexity index is 695. The number of fused-ring (bicyclic) bond motifs is 1. The number of nitrogens with zero attached hydrogens (tertiary/aromatic N) is 1. The second-order valence-corrected chi connectivity index (χ2v) is 6.05. The smallest absolute Gasteiger partial charge is 0.227 e. The molecule has 5 nitrogen and oxygen atoms in total. The van der Waals surface area contributed by atoms with Crippen molar-refractivity contribution in [3.8, 4) is 11.5 Å². The van der Waals surface area contributed by atoms with E-state index in [0.29, 0.717) is 36.7 Å². The largest absolute Gasteiger partial charge is 0.486 e. The highest BCUT2D eigenvalue weighted by atomic mass is 32.1. The van der Waals surface area contributed by atoms with Gasteiger partial charge in [-0.3, -0.25) is 4.79 Å². The Morgan fingerprint density at radius 3 is 2.86 bits per heavy atom. The fourth-order valence-corrected chi connectivity index (χ4v) is 3.40. The van der Waals surface area contributed by atoms with E-state index in [1.807, 2.05) is 17.0 Å². The Hall–Kier alpha value is -1.92. The van der Waals surface area contributed by atoms with E-state index < -0.39 is 0 Å². The molecule has 1 aliphatic rings. The summed E-state index contributed by atoms with van der Waals surface area (Å²) in [7, 11) is 0. The molecule has 0 amide bonds. The topological polar surface area (TPSA) is 59.6 Å². The molecule has 1 aromatic carbocycles. The second-order valence-electron chi connectivity index (χ2n) is 5.11. The summed E-state index contributed by atoms with van der Waals surface area (Å²) in [6.07, 6.45) is 0.627. The van der Waals surface area contributed by atoms with Crippen LogP contribution in [0, 0.1) is 6.92 Å². The maximum Gasteiger partial charge on any atom is 0.227 e. The van der Waals surface area contributed by atoms with Crippen molar-refractivity contribution in [2.24, 2.45) is 0 Å². The van der Waals surface area contributed by atoms with Crippen LogP contribution in [0.4, 0.5) is 0 Å². The minimum absolute atomic E-state index is 0.0263. The molecule has 0 saturated carbocycles. The van der Waals surface area contributed by atoms with E-state index in [2.05, 4.69) is 0 Å². The molecule has 0 radical (unpaired) electrons. The van der Waals surface area contributed by atoms with E-state index in [1.165, 1.54) is 0 Å². The van der Waals surface area contributed by atoms with Crippen molar-refractivity contribution in [1.82, 2.24) is 0 Å². The van der Waals surface area contributed by atoms with Crippen LogP contribution in [0.3, 0.4) is 0 Å². The molecule has 0 aliphatic carbocycles. The molecule has 1 aliphatic heterocycles. The summed E-state index contributed by atoms with van der Waals surface area (Å²) in [5.74, 6) is 1.34. The van der Waals surface area contributed by atoms with Crippen LogP contribution in [0.5, 0.6) is 11.5 Å². The highest BCUT2D eigenvalue weighted by Crippen LogP contribution is 2.30. The van der Waals surface area contributed by atoms with Crippen molar-refractivity contribution in [3.05, 3.63) is 39.8 Å². The SMILES string of the molecule is Cc1c(CCO)sc[n+]1CC(=O)c1ccc2c(c1)OCCO2. The van der Waals surface area contributed by atoms with Crippen LogP contribution in [-0.2, 0) is 13.0 Å². The van der Waals surface area contributed by atoms with Crippen LogP contribution in [0.15, 0.2) is 23.7 Å². The van der Waals surface area contributed by atoms with Crippen LogP contribution < -0.4 is 14.0 Å². The Morgan fingerprint density at radius 2 is 2.09 bits per heavy atom. The van der Waals surface area contributed by atoms with Crippen molar-refractivity contribution in [3.63, 3.8) is 0 Å². The molecular weight excluding hydrogens is 302 g/mol. The van der Waals surface area contributed by atoms with Crippen LogP contribution in [0.2, 0.25) is 0 Å². The molecule has 3 rings (SSSR count). The van der Waals surface area contributed by atoms with Gasteiger partial charge in [-0.1, -0.05) is 11.3 Å². The summed E-state index contributed by atoms with van der Waals surface area (Å²) in [4.78, 5) is 13.6. The molecule has 0 bridgehead atoms. The molecule has 0 saturated heterocycles. The summed E-state index contributed by atoms with van der Waals surface area (Å²) in [5, 5.41) is 9.03. The molecule has 1 N–H and O–H groups in total. The monoisotopic (exact) mass is 320 g/mol. The van der Waals surface area contributed by atoms with Crippen LogP contribution in [0.1, 0.15) is 20.9 Å². The maximum atomic E-state index is 12.5. The van der Waals surface area contributed by atoms with Gasteiger partial charge in [-0.15, -0.1) is 0 Å². The van der Waals surface area contributed by atoms with Crippen molar-refractivity contribution in [2.75, 3.05) is 19.8 Å². The van der Waals surface area contributed by atoms with Crippen molar-refractivity contribution in [2.45, 2.75) is 19.9 Å². The number of hydrogen-bond donors (Lipinski definition) is 1. The molecule has 1 aromatic heterocycles. The predicted octanol–water partition coefficient (Wildman–Crippen LogP) is 1.53. The first-order valence-electron chi connectivity index (χ1n) is 7.19. The molecule has 6 heteroatoms. The van der Waals surface area contributed by atoms with Crippen molar-refractivity contribution >= 4 is 17.1 Å². The van der Waals surface area contributed by atoms with Gasteiger partial charge in [-0.2, -0.15) is 4.57 Å². The van der Waals surface area contributed by atoms with Gasteiger partial charge < -0.3 is 14.6 Å². The van der Waals surface area contributed by atoms with E-state index in [4.69, 9.17) is 14.6 Å². The number of benzene rings is 1. The number of aliphatic hydroxyl groups excluding tert-OH is 1. The summed E-state index contributed by atoms with van der Waals surface area (Å²) < 4.78 is 12.9. The number of aliphatic hydroxyl groups is 1. The van der Waals surface area contributed by atoms with E-state index in [0.717, 1.165) is 10.6 Å². The Balaban J connectivity index is 1.77.